The van der Waals surface area contributed by atoms with Crippen LogP contribution in [-0.2, 0) is 0 Å². The van der Waals surface area contributed by atoms with Crippen LogP contribution in [0.4, 0.5) is 4.39 Å². The molecule has 0 amide bonds. The first-order valence-corrected chi connectivity index (χ1v) is 4.70. The van der Waals surface area contributed by atoms with Crippen LogP contribution in [0.15, 0.2) is 72.7 Å². The van der Waals surface area contributed by atoms with Gasteiger partial charge in [-0.25, -0.2) is 4.39 Å². The van der Waals surface area contributed by atoms with Crippen molar-refractivity contribution < 1.29 is 4.39 Å². The summed E-state index contributed by atoms with van der Waals surface area (Å²) < 4.78 is 13.2. The molecule has 0 unspecified atom stereocenters. The Bertz CT molecular complexity index is 352. The maximum atomic E-state index is 13.2. The van der Waals surface area contributed by atoms with Gasteiger partial charge in [0.1, 0.15) is 5.83 Å². The van der Waals surface area contributed by atoms with Crippen LogP contribution in [0, 0.1) is 0 Å². The van der Waals surface area contributed by atoms with Crippen LogP contribution in [0.5, 0.6) is 0 Å². The van der Waals surface area contributed by atoms with Gasteiger partial charge in [-0.15, -0.1) is 0 Å². The molecule has 80 valence electrons. The number of halogens is 1. The second-order valence-corrected chi connectivity index (χ2v) is 3.16. The molecule has 0 bridgehead atoms. The van der Waals surface area contributed by atoms with Gasteiger partial charge in [-0.1, -0.05) is 49.6 Å². The summed E-state index contributed by atoms with van der Waals surface area (Å²) in [5, 5.41) is 0. The van der Waals surface area contributed by atoms with E-state index in [-0.39, 0.29) is 0 Å². The van der Waals surface area contributed by atoms with E-state index >= 15 is 0 Å². The van der Waals surface area contributed by atoms with Gasteiger partial charge in [-0.2, -0.15) is 0 Å². The lowest BCUT2D eigenvalue weighted by Gasteiger charge is -2.05. The van der Waals surface area contributed by atoms with E-state index in [0.29, 0.717) is 11.1 Å². The highest BCUT2D eigenvalue weighted by Gasteiger charge is 2.04. The van der Waals surface area contributed by atoms with E-state index in [1.54, 1.807) is 25.2 Å². The van der Waals surface area contributed by atoms with Gasteiger partial charge in [-0.3, -0.25) is 0 Å². The molecule has 0 spiro atoms. The highest BCUT2D eigenvalue weighted by molar-refractivity contribution is 5.51. The van der Waals surface area contributed by atoms with Gasteiger partial charge in [0.25, 0.3) is 0 Å². The molecule has 0 atom stereocenters. The molecule has 0 nitrogen and oxygen atoms in total. The zero-order valence-corrected chi connectivity index (χ0v) is 9.39. The average molecular weight is 204 g/mol. The first-order valence-electron chi connectivity index (χ1n) is 4.70. The van der Waals surface area contributed by atoms with E-state index in [1.165, 1.54) is 0 Å². The number of hydrogen-bond donors (Lipinski definition) is 0. The normalized spacial score (nSPS) is 13.0. The fourth-order valence-corrected chi connectivity index (χ4v) is 1.03. The second-order valence-electron chi connectivity index (χ2n) is 3.16. The van der Waals surface area contributed by atoms with E-state index in [1.807, 2.05) is 19.1 Å². The SMILES string of the molecule is C=CC(=C\C=C/C)/C(=C/C(=C)C)C(=C)F. The summed E-state index contributed by atoms with van der Waals surface area (Å²) in [5.41, 5.74) is 1.90. The van der Waals surface area contributed by atoms with Gasteiger partial charge in [0.2, 0.25) is 0 Å². The van der Waals surface area contributed by atoms with Crippen molar-refractivity contribution >= 4 is 0 Å². The molecule has 15 heavy (non-hydrogen) atoms. The molecule has 0 N–H and O–H groups in total. The van der Waals surface area contributed by atoms with Gasteiger partial charge in [0.15, 0.2) is 0 Å². The summed E-state index contributed by atoms with van der Waals surface area (Å²) in [7, 11) is 0. The Labute approximate surface area is 91.5 Å². The zero-order valence-electron chi connectivity index (χ0n) is 9.39. The third kappa shape index (κ3) is 4.96. The maximum absolute atomic E-state index is 13.2. The largest absolute Gasteiger partial charge is 0.207 e. The lowest BCUT2D eigenvalue weighted by Crippen LogP contribution is -1.87. The molecule has 0 fully saturated rings. The van der Waals surface area contributed by atoms with Gasteiger partial charge in [-0.05, 0) is 25.5 Å². The Morgan fingerprint density at radius 3 is 2.20 bits per heavy atom. The van der Waals surface area contributed by atoms with Crippen LogP contribution in [0.1, 0.15) is 13.8 Å². The molecule has 1 heteroatoms. The van der Waals surface area contributed by atoms with Crippen LogP contribution in [0.3, 0.4) is 0 Å². The number of rotatable bonds is 5. The predicted molar refractivity (Wildman–Crippen MR) is 66.2 cm³/mol. The Balaban J connectivity index is 5.31. The van der Waals surface area contributed by atoms with Crippen molar-refractivity contribution in [2.24, 2.45) is 0 Å². The van der Waals surface area contributed by atoms with Crippen molar-refractivity contribution in [2.45, 2.75) is 13.8 Å². The van der Waals surface area contributed by atoms with Crippen LogP contribution in [0.2, 0.25) is 0 Å². The Morgan fingerprint density at radius 2 is 1.87 bits per heavy atom. The minimum absolute atomic E-state index is 0.426. The van der Waals surface area contributed by atoms with Crippen molar-refractivity contribution in [1.82, 2.24) is 0 Å². The van der Waals surface area contributed by atoms with Crippen LogP contribution < -0.4 is 0 Å². The lowest BCUT2D eigenvalue weighted by molar-refractivity contribution is 0.659. The molecule has 0 aliphatic carbocycles. The molecule has 0 saturated carbocycles. The zero-order chi connectivity index (χ0) is 11.8. The molecule has 0 aliphatic heterocycles. The van der Waals surface area contributed by atoms with E-state index in [4.69, 9.17) is 0 Å². The highest BCUT2D eigenvalue weighted by atomic mass is 19.1. The maximum Gasteiger partial charge on any atom is 0.123 e. The van der Waals surface area contributed by atoms with E-state index in [2.05, 4.69) is 19.7 Å². The van der Waals surface area contributed by atoms with Gasteiger partial charge >= 0.3 is 0 Å². The lowest BCUT2D eigenvalue weighted by atomic mass is 10.0. The summed E-state index contributed by atoms with van der Waals surface area (Å²) in [6.07, 6.45) is 8.72. The quantitative estimate of drug-likeness (QED) is 0.571. The van der Waals surface area contributed by atoms with Crippen LogP contribution in [-0.4, -0.2) is 0 Å². The number of allylic oxidation sites excluding steroid dienone is 9. The Morgan fingerprint density at radius 1 is 1.27 bits per heavy atom. The van der Waals surface area contributed by atoms with Gasteiger partial charge < -0.3 is 0 Å². The fourth-order valence-electron chi connectivity index (χ4n) is 1.03. The van der Waals surface area contributed by atoms with Crippen molar-refractivity contribution in [3.63, 3.8) is 0 Å². The molecule has 0 aromatic heterocycles. The average Bonchev–Trinajstić information content (AvgIpc) is 2.16. The van der Waals surface area contributed by atoms with E-state index < -0.39 is 5.83 Å². The molecule has 0 saturated heterocycles. The van der Waals surface area contributed by atoms with Gasteiger partial charge in [0.05, 0.1) is 0 Å². The first kappa shape index (κ1) is 13.4. The summed E-state index contributed by atoms with van der Waals surface area (Å²) in [5.74, 6) is -0.478. The van der Waals surface area contributed by atoms with Gasteiger partial charge in [0, 0.05) is 5.57 Å². The molecule has 0 aromatic rings. The van der Waals surface area contributed by atoms with Crippen LogP contribution in [0.25, 0.3) is 0 Å². The summed E-state index contributed by atoms with van der Waals surface area (Å²) in [6, 6.07) is 0. The predicted octanol–water partition coefficient (Wildman–Crippen LogP) is 4.66. The van der Waals surface area contributed by atoms with Crippen molar-refractivity contribution in [3.8, 4) is 0 Å². The smallest absolute Gasteiger partial charge is 0.123 e. The highest BCUT2D eigenvalue weighted by Crippen LogP contribution is 2.21. The summed E-state index contributed by atoms with van der Waals surface area (Å²) >= 11 is 0. The van der Waals surface area contributed by atoms with E-state index in [9.17, 15) is 4.39 Å². The molecule has 0 aromatic carbocycles. The number of hydrogen-bond acceptors (Lipinski definition) is 0. The fraction of sp³-hybridized carbons (Fsp3) is 0.143. The topological polar surface area (TPSA) is 0 Å². The third-order valence-corrected chi connectivity index (χ3v) is 1.68. The minimum atomic E-state index is -0.478. The minimum Gasteiger partial charge on any atom is -0.207 e. The van der Waals surface area contributed by atoms with Crippen molar-refractivity contribution in [3.05, 3.63) is 72.7 Å². The third-order valence-electron chi connectivity index (χ3n) is 1.68. The standard InChI is InChI=1S/C14H17F/c1-6-8-9-13(7-2)14(12(5)15)10-11(3)4/h6-10H,2-3,5H2,1,4H3/b8-6-,13-9+,14-10+. The molecule has 0 heterocycles. The summed E-state index contributed by atoms with van der Waals surface area (Å²) in [4.78, 5) is 0. The molecular weight excluding hydrogens is 187 g/mol. The molecule has 0 rings (SSSR count). The van der Waals surface area contributed by atoms with Crippen molar-refractivity contribution in [1.29, 1.82) is 0 Å². The van der Waals surface area contributed by atoms with E-state index in [0.717, 1.165) is 5.57 Å². The summed E-state index contributed by atoms with van der Waals surface area (Å²) in [6.45, 7) is 14.3. The van der Waals surface area contributed by atoms with Crippen molar-refractivity contribution in [2.75, 3.05) is 0 Å². The van der Waals surface area contributed by atoms with Crippen LogP contribution >= 0.6 is 0 Å². The Hall–Kier alpha value is -1.63. The molecule has 0 radical (unpaired) electrons. The molecule has 0 aliphatic rings. The molecular formula is C14H17F. The Kier molecular flexibility index (Phi) is 6.03. The second kappa shape index (κ2) is 6.77. The first-order chi connectivity index (χ1) is 7.02. The monoisotopic (exact) mass is 204 g/mol.